The van der Waals surface area contributed by atoms with Crippen molar-refractivity contribution in [3.8, 4) is 22.6 Å². The van der Waals surface area contributed by atoms with Gasteiger partial charge < -0.3 is 24.1 Å². The Morgan fingerprint density at radius 2 is 1.58 bits per heavy atom. The van der Waals surface area contributed by atoms with Gasteiger partial charge in [0.15, 0.2) is 11.5 Å². The molecular formula is C32H44O6. The number of ether oxygens (including phenoxy) is 4. The molecule has 0 atom stereocenters. The third kappa shape index (κ3) is 9.17. The summed E-state index contributed by atoms with van der Waals surface area (Å²) in [5, 5.41) is 9.00. The number of carbonyl (C=O) groups is 1. The molecule has 1 aliphatic carbocycles. The third-order valence-electron chi connectivity index (χ3n) is 7.32. The van der Waals surface area contributed by atoms with E-state index in [-0.39, 0.29) is 18.8 Å². The maximum Gasteiger partial charge on any atom is 0.335 e. The Balaban J connectivity index is 1.62. The van der Waals surface area contributed by atoms with E-state index < -0.39 is 12.6 Å². The van der Waals surface area contributed by atoms with Gasteiger partial charge in [-0.05, 0) is 66.3 Å². The normalized spacial score (nSPS) is 17.1. The van der Waals surface area contributed by atoms with E-state index >= 15 is 0 Å². The average molecular weight is 525 g/mol. The van der Waals surface area contributed by atoms with Crippen molar-refractivity contribution in [2.24, 2.45) is 5.92 Å². The van der Waals surface area contributed by atoms with Crippen LogP contribution in [-0.4, -0.2) is 51.2 Å². The van der Waals surface area contributed by atoms with Crippen molar-refractivity contribution in [3.05, 3.63) is 60.2 Å². The molecule has 0 bridgehead atoms. The molecule has 0 radical (unpaired) electrons. The van der Waals surface area contributed by atoms with Gasteiger partial charge in [0.25, 0.3) is 0 Å². The molecule has 1 aliphatic rings. The molecule has 6 nitrogen and oxygen atoms in total. The van der Waals surface area contributed by atoms with Crippen LogP contribution in [0.3, 0.4) is 0 Å². The third-order valence-corrected chi connectivity index (χ3v) is 7.32. The second-order valence-electron chi connectivity index (χ2n) is 10.1. The molecule has 2 aromatic carbocycles. The lowest BCUT2D eigenvalue weighted by atomic mass is 9.77. The molecule has 208 valence electrons. The first-order valence-electron chi connectivity index (χ1n) is 14.0. The lowest BCUT2D eigenvalue weighted by molar-refractivity contribution is -0.140. The fourth-order valence-electron chi connectivity index (χ4n) is 5.02. The van der Waals surface area contributed by atoms with E-state index in [1.807, 2.05) is 18.2 Å². The number of unbranched alkanes of at least 4 members (excludes halogenated alkanes) is 2. The predicted octanol–water partition coefficient (Wildman–Crippen LogP) is 6.70. The Morgan fingerprint density at radius 1 is 0.895 bits per heavy atom. The largest absolute Gasteiger partial charge is 0.487 e. The molecule has 1 fully saturated rings. The summed E-state index contributed by atoms with van der Waals surface area (Å²) in [5.74, 6) is 2.11. The second-order valence-corrected chi connectivity index (χ2v) is 10.1. The Hall–Kier alpha value is -2.83. The zero-order valence-electron chi connectivity index (χ0n) is 23.1. The van der Waals surface area contributed by atoms with Gasteiger partial charge in [-0.15, -0.1) is 0 Å². The van der Waals surface area contributed by atoms with Crippen molar-refractivity contribution < 1.29 is 28.8 Å². The highest BCUT2D eigenvalue weighted by molar-refractivity contribution is 5.87. The molecule has 6 heteroatoms. The first-order valence-corrected chi connectivity index (χ1v) is 14.0. The van der Waals surface area contributed by atoms with E-state index in [1.54, 1.807) is 7.11 Å². The van der Waals surface area contributed by atoms with Crippen molar-refractivity contribution in [1.82, 2.24) is 0 Å². The van der Waals surface area contributed by atoms with Gasteiger partial charge in [0, 0.05) is 7.11 Å². The highest BCUT2D eigenvalue weighted by Gasteiger charge is 2.22. The van der Waals surface area contributed by atoms with Crippen molar-refractivity contribution in [2.75, 3.05) is 40.1 Å². The Bertz CT molecular complexity index is 992. The number of esters is 1. The Kier molecular flexibility index (Phi) is 12.7. The van der Waals surface area contributed by atoms with Crippen LogP contribution in [0.4, 0.5) is 0 Å². The molecule has 3 rings (SSSR count). The Morgan fingerprint density at radius 3 is 2.26 bits per heavy atom. The second kappa shape index (κ2) is 16.2. The lowest BCUT2D eigenvalue weighted by Gasteiger charge is -2.29. The van der Waals surface area contributed by atoms with Crippen LogP contribution < -0.4 is 9.47 Å². The Labute approximate surface area is 228 Å². The number of carbonyl (C=O) groups excluding carboxylic acids is 1. The van der Waals surface area contributed by atoms with Crippen molar-refractivity contribution >= 4 is 5.97 Å². The molecule has 0 saturated heterocycles. The van der Waals surface area contributed by atoms with Crippen molar-refractivity contribution in [3.63, 3.8) is 0 Å². The molecule has 0 spiro atoms. The van der Waals surface area contributed by atoms with Crippen molar-refractivity contribution in [2.45, 2.75) is 64.2 Å². The summed E-state index contributed by atoms with van der Waals surface area (Å²) in [5.41, 5.74) is 3.58. The van der Waals surface area contributed by atoms with Gasteiger partial charge in [-0.2, -0.15) is 0 Å². The summed E-state index contributed by atoms with van der Waals surface area (Å²) in [4.78, 5) is 11.7. The van der Waals surface area contributed by atoms with Crippen LogP contribution in [0.15, 0.2) is 54.6 Å². The fourth-order valence-corrected chi connectivity index (χ4v) is 5.02. The summed E-state index contributed by atoms with van der Waals surface area (Å²) in [6.07, 6.45) is 10.7. The van der Waals surface area contributed by atoms with Gasteiger partial charge in [-0.25, -0.2) is 4.79 Å². The van der Waals surface area contributed by atoms with E-state index in [0.29, 0.717) is 30.6 Å². The molecule has 0 aliphatic heterocycles. The van der Waals surface area contributed by atoms with E-state index in [9.17, 15) is 4.79 Å². The monoisotopic (exact) mass is 524 g/mol. The molecule has 38 heavy (non-hydrogen) atoms. The molecule has 1 saturated carbocycles. The highest BCUT2D eigenvalue weighted by atomic mass is 16.6. The summed E-state index contributed by atoms with van der Waals surface area (Å²) in [6, 6.07) is 14.8. The molecular weight excluding hydrogens is 480 g/mol. The van der Waals surface area contributed by atoms with Gasteiger partial charge in [0.05, 0.1) is 18.8 Å². The smallest absolute Gasteiger partial charge is 0.335 e. The summed E-state index contributed by atoms with van der Waals surface area (Å²) < 4.78 is 21.9. The van der Waals surface area contributed by atoms with Crippen LogP contribution in [0.2, 0.25) is 0 Å². The van der Waals surface area contributed by atoms with Gasteiger partial charge >= 0.3 is 5.97 Å². The molecule has 1 N–H and O–H groups in total. The number of hydrogen-bond acceptors (Lipinski definition) is 6. The van der Waals surface area contributed by atoms with E-state index in [2.05, 4.69) is 37.8 Å². The maximum atomic E-state index is 11.7. The summed E-state index contributed by atoms with van der Waals surface area (Å²) >= 11 is 0. The first-order chi connectivity index (χ1) is 18.5. The number of benzene rings is 2. The zero-order valence-corrected chi connectivity index (χ0v) is 23.1. The first kappa shape index (κ1) is 29.7. The van der Waals surface area contributed by atoms with E-state index in [0.717, 1.165) is 17.0 Å². The number of rotatable bonds is 16. The van der Waals surface area contributed by atoms with Gasteiger partial charge in [0.1, 0.15) is 19.8 Å². The van der Waals surface area contributed by atoms with Crippen LogP contribution in [0.25, 0.3) is 11.1 Å². The number of hydrogen-bond donors (Lipinski definition) is 1. The molecule has 0 heterocycles. The number of aliphatic hydroxyl groups is 1. The highest BCUT2D eigenvalue weighted by Crippen LogP contribution is 2.39. The molecule has 0 aromatic heterocycles. The van der Waals surface area contributed by atoms with Crippen LogP contribution in [0.1, 0.15) is 69.8 Å². The van der Waals surface area contributed by atoms with Crippen molar-refractivity contribution in [1.29, 1.82) is 0 Å². The maximum absolute atomic E-state index is 11.7. The van der Waals surface area contributed by atoms with Crippen LogP contribution >= 0.6 is 0 Å². The van der Waals surface area contributed by atoms with Gasteiger partial charge in [0.2, 0.25) is 0 Å². The average Bonchev–Trinajstić information content (AvgIpc) is 2.96. The minimum Gasteiger partial charge on any atom is -0.487 e. The number of aliphatic hydroxyl groups excluding tert-OH is 1. The van der Waals surface area contributed by atoms with E-state index in [1.165, 1.54) is 56.9 Å². The van der Waals surface area contributed by atoms with Gasteiger partial charge in [-0.3, -0.25) is 0 Å². The quantitative estimate of drug-likeness (QED) is 0.150. The lowest BCUT2D eigenvalue weighted by Crippen LogP contribution is -2.15. The SMILES string of the molecule is C=C(CO)C(=O)OCCOc1cc(-c2ccc(C3CCC(CCCCC)CC3)cc2)ccc1OCCOC. The summed E-state index contributed by atoms with van der Waals surface area (Å²) in [7, 11) is 1.63. The van der Waals surface area contributed by atoms with Crippen LogP contribution in [0, 0.1) is 5.92 Å². The standard InChI is InChI=1S/C32H44O6/c1-4-5-6-7-25-8-10-26(11-9-25)27-12-14-28(15-13-27)29-16-17-30(36-19-18-35-3)31(22-29)37-20-21-38-32(34)24(2)23-33/h12-17,22,25-26,33H,2,4-11,18-21,23H2,1,3H3. The zero-order chi connectivity index (χ0) is 27.2. The predicted molar refractivity (Wildman–Crippen MR) is 151 cm³/mol. The molecule has 0 unspecified atom stereocenters. The van der Waals surface area contributed by atoms with Gasteiger partial charge in [-0.1, -0.05) is 69.5 Å². The molecule has 2 aromatic rings. The van der Waals surface area contributed by atoms with Crippen LogP contribution in [-0.2, 0) is 14.3 Å². The molecule has 0 amide bonds. The number of methoxy groups -OCH3 is 1. The van der Waals surface area contributed by atoms with E-state index in [4.69, 9.17) is 24.1 Å². The minimum absolute atomic E-state index is 0.0130. The topological polar surface area (TPSA) is 74.2 Å². The fraction of sp³-hybridized carbons (Fsp3) is 0.531. The minimum atomic E-state index is -0.633. The summed E-state index contributed by atoms with van der Waals surface area (Å²) in [6.45, 7) is 6.35. The van der Waals surface area contributed by atoms with Crippen LogP contribution in [0.5, 0.6) is 11.5 Å².